The standard InChI is InChI=1S/C10H10FNO2S/c11-7-3-1-6(2-4-7)9-12-8(5-15-9)10(13)14/h1-4,8-9,12H,5H2,(H,13,14)/t8?,9-/m1/s1. The average Bonchev–Trinajstić information content (AvgIpc) is 2.68. The first-order valence-corrected chi connectivity index (χ1v) is 5.57. The zero-order valence-electron chi connectivity index (χ0n) is 7.81. The molecule has 0 aliphatic carbocycles. The molecule has 80 valence electrons. The van der Waals surface area contributed by atoms with Gasteiger partial charge >= 0.3 is 5.97 Å². The van der Waals surface area contributed by atoms with Crippen molar-refractivity contribution in [3.8, 4) is 0 Å². The lowest BCUT2D eigenvalue weighted by Crippen LogP contribution is -2.33. The quantitative estimate of drug-likeness (QED) is 0.806. The Labute approximate surface area is 90.7 Å². The smallest absolute Gasteiger partial charge is 0.321 e. The molecule has 0 amide bonds. The Balaban J connectivity index is 2.07. The molecule has 0 radical (unpaired) electrons. The van der Waals surface area contributed by atoms with Gasteiger partial charge in [0, 0.05) is 5.75 Å². The van der Waals surface area contributed by atoms with Gasteiger partial charge in [0.2, 0.25) is 0 Å². The van der Waals surface area contributed by atoms with E-state index >= 15 is 0 Å². The van der Waals surface area contributed by atoms with Crippen molar-refractivity contribution in [3.63, 3.8) is 0 Å². The molecule has 1 heterocycles. The predicted molar refractivity (Wildman–Crippen MR) is 56.2 cm³/mol. The van der Waals surface area contributed by atoms with Crippen molar-refractivity contribution in [2.75, 3.05) is 5.75 Å². The van der Waals surface area contributed by atoms with Gasteiger partial charge in [0.05, 0.1) is 5.37 Å². The van der Waals surface area contributed by atoms with Crippen LogP contribution in [0.2, 0.25) is 0 Å². The molecular formula is C10H10FNO2S. The highest BCUT2D eigenvalue weighted by molar-refractivity contribution is 7.99. The third-order valence-electron chi connectivity index (χ3n) is 2.25. The van der Waals surface area contributed by atoms with Crippen LogP contribution in [-0.4, -0.2) is 22.9 Å². The Hall–Kier alpha value is -1.07. The Morgan fingerprint density at radius 1 is 1.47 bits per heavy atom. The minimum atomic E-state index is -0.841. The van der Waals surface area contributed by atoms with Crippen molar-refractivity contribution in [1.82, 2.24) is 5.32 Å². The van der Waals surface area contributed by atoms with Crippen LogP contribution in [-0.2, 0) is 4.79 Å². The molecule has 1 aromatic rings. The van der Waals surface area contributed by atoms with Crippen LogP contribution in [0.15, 0.2) is 24.3 Å². The normalized spacial score (nSPS) is 25.4. The lowest BCUT2D eigenvalue weighted by molar-refractivity contribution is -0.138. The number of benzene rings is 1. The molecule has 1 unspecified atom stereocenters. The molecule has 0 spiro atoms. The van der Waals surface area contributed by atoms with E-state index < -0.39 is 12.0 Å². The summed E-state index contributed by atoms with van der Waals surface area (Å²) in [5.41, 5.74) is 0.908. The zero-order valence-corrected chi connectivity index (χ0v) is 8.63. The van der Waals surface area contributed by atoms with E-state index in [4.69, 9.17) is 5.11 Å². The monoisotopic (exact) mass is 227 g/mol. The van der Waals surface area contributed by atoms with E-state index in [1.807, 2.05) is 0 Å². The van der Waals surface area contributed by atoms with Crippen LogP contribution in [0, 0.1) is 5.82 Å². The van der Waals surface area contributed by atoms with Gasteiger partial charge in [-0.05, 0) is 17.7 Å². The van der Waals surface area contributed by atoms with Gasteiger partial charge in [-0.15, -0.1) is 11.8 Å². The van der Waals surface area contributed by atoms with Gasteiger partial charge in [-0.25, -0.2) is 4.39 Å². The molecule has 3 nitrogen and oxygen atoms in total. The van der Waals surface area contributed by atoms with E-state index in [0.29, 0.717) is 5.75 Å². The van der Waals surface area contributed by atoms with Gasteiger partial charge in [0.1, 0.15) is 11.9 Å². The van der Waals surface area contributed by atoms with E-state index in [2.05, 4.69) is 5.32 Å². The summed E-state index contributed by atoms with van der Waals surface area (Å²) in [7, 11) is 0. The number of thioether (sulfide) groups is 1. The van der Waals surface area contributed by atoms with Crippen LogP contribution in [0.25, 0.3) is 0 Å². The fraction of sp³-hybridized carbons (Fsp3) is 0.300. The molecule has 2 N–H and O–H groups in total. The van der Waals surface area contributed by atoms with Crippen LogP contribution in [0.1, 0.15) is 10.9 Å². The van der Waals surface area contributed by atoms with Crippen molar-refractivity contribution in [1.29, 1.82) is 0 Å². The number of carboxylic acids is 1. The van der Waals surface area contributed by atoms with Crippen molar-refractivity contribution in [2.24, 2.45) is 0 Å². The molecule has 0 saturated carbocycles. The van der Waals surface area contributed by atoms with Gasteiger partial charge in [0.15, 0.2) is 0 Å². The highest BCUT2D eigenvalue weighted by Crippen LogP contribution is 2.32. The van der Waals surface area contributed by atoms with Crippen LogP contribution in [0.4, 0.5) is 4.39 Å². The summed E-state index contributed by atoms with van der Waals surface area (Å²) in [6.45, 7) is 0. The molecule has 15 heavy (non-hydrogen) atoms. The zero-order chi connectivity index (χ0) is 10.8. The number of aliphatic carboxylic acids is 1. The van der Waals surface area contributed by atoms with Gasteiger partial charge in [-0.2, -0.15) is 0 Å². The van der Waals surface area contributed by atoms with Crippen molar-refractivity contribution < 1.29 is 14.3 Å². The predicted octanol–water partition coefficient (Wildman–Crippen LogP) is 1.61. The molecule has 1 aliphatic rings. The molecule has 1 aromatic carbocycles. The van der Waals surface area contributed by atoms with Crippen molar-refractivity contribution in [2.45, 2.75) is 11.4 Å². The van der Waals surface area contributed by atoms with E-state index in [1.54, 1.807) is 12.1 Å². The van der Waals surface area contributed by atoms with Gasteiger partial charge in [-0.1, -0.05) is 12.1 Å². The van der Waals surface area contributed by atoms with Gasteiger partial charge in [-0.3, -0.25) is 10.1 Å². The number of halogens is 1. The van der Waals surface area contributed by atoms with E-state index in [0.717, 1.165) is 5.56 Å². The first kappa shape index (κ1) is 10.4. The van der Waals surface area contributed by atoms with Crippen LogP contribution >= 0.6 is 11.8 Å². The summed E-state index contributed by atoms with van der Waals surface area (Å²) in [6, 6.07) is 5.59. The summed E-state index contributed by atoms with van der Waals surface area (Å²) in [5, 5.41) is 11.7. The highest BCUT2D eigenvalue weighted by atomic mass is 32.2. The Kier molecular flexibility index (Phi) is 2.93. The van der Waals surface area contributed by atoms with E-state index in [9.17, 15) is 9.18 Å². The second kappa shape index (κ2) is 4.20. The molecule has 1 aliphatic heterocycles. The first-order chi connectivity index (χ1) is 7.16. The summed E-state index contributed by atoms with van der Waals surface area (Å²) in [5.74, 6) is -0.583. The Morgan fingerprint density at radius 2 is 2.13 bits per heavy atom. The molecule has 1 fully saturated rings. The van der Waals surface area contributed by atoms with Gasteiger partial charge in [0.25, 0.3) is 0 Å². The molecule has 1 saturated heterocycles. The summed E-state index contributed by atoms with van der Waals surface area (Å²) >= 11 is 1.52. The van der Waals surface area contributed by atoms with Crippen LogP contribution < -0.4 is 5.32 Å². The number of rotatable bonds is 2. The average molecular weight is 227 g/mol. The molecular weight excluding hydrogens is 217 g/mol. The lowest BCUT2D eigenvalue weighted by Gasteiger charge is -2.10. The van der Waals surface area contributed by atoms with Crippen LogP contribution in [0.5, 0.6) is 0 Å². The molecule has 5 heteroatoms. The topological polar surface area (TPSA) is 49.3 Å². The number of carbonyl (C=O) groups is 1. The summed E-state index contributed by atoms with van der Waals surface area (Å²) in [4.78, 5) is 10.7. The molecule has 2 rings (SSSR count). The molecule has 0 aromatic heterocycles. The molecule has 0 bridgehead atoms. The SMILES string of the molecule is O=C(O)C1CS[C@H](c2ccc(F)cc2)N1. The molecule has 2 atom stereocenters. The maximum absolute atomic E-state index is 12.7. The number of hydrogen-bond donors (Lipinski definition) is 2. The van der Waals surface area contributed by atoms with Crippen molar-refractivity contribution >= 4 is 17.7 Å². The van der Waals surface area contributed by atoms with Crippen LogP contribution in [0.3, 0.4) is 0 Å². The Bertz CT molecular complexity index is 368. The maximum atomic E-state index is 12.7. The van der Waals surface area contributed by atoms with E-state index in [-0.39, 0.29) is 11.2 Å². The second-order valence-electron chi connectivity index (χ2n) is 3.32. The van der Waals surface area contributed by atoms with Crippen molar-refractivity contribution in [3.05, 3.63) is 35.6 Å². The summed E-state index contributed by atoms with van der Waals surface area (Å²) < 4.78 is 12.7. The minimum absolute atomic E-state index is 0.0494. The fourth-order valence-corrected chi connectivity index (χ4v) is 2.68. The summed E-state index contributed by atoms with van der Waals surface area (Å²) in [6.07, 6.45) is 0. The Morgan fingerprint density at radius 3 is 2.67 bits per heavy atom. The number of hydrogen-bond acceptors (Lipinski definition) is 3. The minimum Gasteiger partial charge on any atom is -0.480 e. The maximum Gasteiger partial charge on any atom is 0.321 e. The first-order valence-electron chi connectivity index (χ1n) is 4.53. The fourth-order valence-electron chi connectivity index (χ4n) is 1.44. The van der Waals surface area contributed by atoms with E-state index in [1.165, 1.54) is 23.9 Å². The third-order valence-corrected chi connectivity index (χ3v) is 3.52. The second-order valence-corrected chi connectivity index (χ2v) is 4.46. The third kappa shape index (κ3) is 2.30. The largest absolute Gasteiger partial charge is 0.480 e. The van der Waals surface area contributed by atoms with Gasteiger partial charge < -0.3 is 5.11 Å². The number of nitrogens with one attached hydrogen (secondary N) is 1. The number of carboxylic acid groups (broad SMARTS) is 1. The highest BCUT2D eigenvalue weighted by Gasteiger charge is 2.30. The lowest BCUT2D eigenvalue weighted by atomic mass is 10.2.